The SMILES string of the molecule is O=C(O)C1CN(C2CCCc3ccccc32)CCO1. The molecule has 1 aliphatic carbocycles. The van der Waals surface area contributed by atoms with Crippen LogP contribution in [-0.2, 0) is 16.0 Å². The summed E-state index contributed by atoms with van der Waals surface area (Å²) in [6, 6.07) is 8.89. The van der Waals surface area contributed by atoms with Gasteiger partial charge in [-0.05, 0) is 30.4 Å². The van der Waals surface area contributed by atoms with Crippen LogP contribution >= 0.6 is 0 Å². The van der Waals surface area contributed by atoms with Crippen molar-refractivity contribution in [2.75, 3.05) is 19.7 Å². The highest BCUT2D eigenvalue weighted by atomic mass is 16.5. The lowest BCUT2D eigenvalue weighted by molar-refractivity contribution is -0.157. The maximum atomic E-state index is 11.1. The van der Waals surface area contributed by atoms with E-state index in [-0.39, 0.29) is 0 Å². The molecule has 0 bridgehead atoms. The van der Waals surface area contributed by atoms with Crippen LogP contribution in [0.15, 0.2) is 24.3 Å². The van der Waals surface area contributed by atoms with Gasteiger partial charge in [0.05, 0.1) is 6.61 Å². The lowest BCUT2D eigenvalue weighted by Gasteiger charge is -2.39. The van der Waals surface area contributed by atoms with Crippen LogP contribution in [0.3, 0.4) is 0 Å². The molecule has 1 aromatic carbocycles. The van der Waals surface area contributed by atoms with E-state index in [1.807, 2.05) is 0 Å². The third-order valence-electron chi connectivity index (χ3n) is 4.15. The molecule has 2 aliphatic rings. The van der Waals surface area contributed by atoms with Gasteiger partial charge >= 0.3 is 5.97 Å². The second kappa shape index (κ2) is 5.31. The van der Waals surface area contributed by atoms with Crippen molar-refractivity contribution < 1.29 is 14.6 Å². The van der Waals surface area contributed by atoms with Gasteiger partial charge in [0.25, 0.3) is 0 Å². The summed E-state index contributed by atoms with van der Waals surface area (Å²) in [6.45, 7) is 1.83. The molecule has 2 unspecified atom stereocenters. The Kier molecular flexibility index (Phi) is 3.53. The molecule has 1 saturated heterocycles. The summed E-state index contributed by atoms with van der Waals surface area (Å²) in [6.07, 6.45) is 2.75. The maximum absolute atomic E-state index is 11.1. The quantitative estimate of drug-likeness (QED) is 0.882. The van der Waals surface area contributed by atoms with Gasteiger partial charge in [-0.1, -0.05) is 24.3 Å². The maximum Gasteiger partial charge on any atom is 0.334 e. The highest BCUT2D eigenvalue weighted by Gasteiger charge is 2.32. The molecule has 1 heterocycles. The van der Waals surface area contributed by atoms with Gasteiger partial charge in [0.1, 0.15) is 0 Å². The number of aliphatic carboxylic acids is 1. The molecular formula is C15H19NO3. The van der Waals surface area contributed by atoms with E-state index in [4.69, 9.17) is 9.84 Å². The Labute approximate surface area is 113 Å². The predicted octanol–water partition coefficient (Wildman–Crippen LogP) is 1.85. The summed E-state index contributed by atoms with van der Waals surface area (Å²) in [5.74, 6) is -0.853. The minimum Gasteiger partial charge on any atom is -0.479 e. The van der Waals surface area contributed by atoms with Gasteiger partial charge in [-0.25, -0.2) is 4.79 Å². The molecule has 19 heavy (non-hydrogen) atoms. The summed E-state index contributed by atoms with van der Waals surface area (Å²) < 4.78 is 5.31. The molecule has 0 saturated carbocycles. The normalized spacial score (nSPS) is 27.8. The third-order valence-corrected chi connectivity index (χ3v) is 4.15. The van der Waals surface area contributed by atoms with Crippen molar-refractivity contribution in [3.63, 3.8) is 0 Å². The number of fused-ring (bicyclic) bond motifs is 1. The van der Waals surface area contributed by atoms with Crippen molar-refractivity contribution in [1.29, 1.82) is 0 Å². The number of benzene rings is 1. The van der Waals surface area contributed by atoms with Crippen LogP contribution in [0.5, 0.6) is 0 Å². The van der Waals surface area contributed by atoms with E-state index >= 15 is 0 Å². The van der Waals surface area contributed by atoms with Crippen LogP contribution in [0.1, 0.15) is 30.0 Å². The molecule has 4 nitrogen and oxygen atoms in total. The summed E-state index contributed by atoms with van der Waals surface area (Å²) in [7, 11) is 0. The summed E-state index contributed by atoms with van der Waals surface area (Å²) in [5, 5.41) is 9.10. The number of aryl methyl sites for hydroxylation is 1. The predicted molar refractivity (Wildman–Crippen MR) is 71.1 cm³/mol. The van der Waals surface area contributed by atoms with Crippen molar-refractivity contribution in [2.45, 2.75) is 31.4 Å². The van der Waals surface area contributed by atoms with E-state index in [1.165, 1.54) is 17.5 Å². The van der Waals surface area contributed by atoms with Crippen LogP contribution < -0.4 is 0 Å². The zero-order valence-corrected chi connectivity index (χ0v) is 10.9. The first-order valence-electron chi connectivity index (χ1n) is 6.92. The van der Waals surface area contributed by atoms with Gasteiger partial charge in [-0.2, -0.15) is 0 Å². The Bertz CT molecular complexity index is 474. The van der Waals surface area contributed by atoms with Crippen LogP contribution in [0.25, 0.3) is 0 Å². The average Bonchev–Trinajstić information content (AvgIpc) is 2.47. The average molecular weight is 261 g/mol. The van der Waals surface area contributed by atoms with Gasteiger partial charge in [0.15, 0.2) is 6.10 Å². The van der Waals surface area contributed by atoms with Gasteiger partial charge in [-0.3, -0.25) is 4.90 Å². The number of carboxylic acids is 1. The first kappa shape index (κ1) is 12.6. The van der Waals surface area contributed by atoms with Crippen molar-refractivity contribution in [2.24, 2.45) is 0 Å². The molecule has 0 spiro atoms. The lowest BCUT2D eigenvalue weighted by Crippen LogP contribution is -2.47. The molecule has 1 fully saturated rings. The molecule has 4 heteroatoms. The molecule has 3 rings (SSSR count). The molecule has 1 N–H and O–H groups in total. The Balaban J connectivity index is 1.81. The van der Waals surface area contributed by atoms with E-state index in [1.54, 1.807) is 0 Å². The van der Waals surface area contributed by atoms with Crippen molar-refractivity contribution in [1.82, 2.24) is 4.90 Å². The molecular weight excluding hydrogens is 242 g/mol. The molecule has 0 aromatic heterocycles. The summed E-state index contributed by atoms with van der Waals surface area (Å²) in [5.41, 5.74) is 2.79. The van der Waals surface area contributed by atoms with E-state index in [0.29, 0.717) is 19.2 Å². The second-order valence-electron chi connectivity index (χ2n) is 5.30. The van der Waals surface area contributed by atoms with Gasteiger partial charge in [0, 0.05) is 19.1 Å². The largest absolute Gasteiger partial charge is 0.479 e. The van der Waals surface area contributed by atoms with Crippen LogP contribution in [0, 0.1) is 0 Å². The third kappa shape index (κ3) is 2.51. The fourth-order valence-electron chi connectivity index (χ4n) is 3.21. The highest BCUT2D eigenvalue weighted by Crippen LogP contribution is 2.34. The Morgan fingerprint density at radius 1 is 1.37 bits per heavy atom. The fraction of sp³-hybridized carbons (Fsp3) is 0.533. The van der Waals surface area contributed by atoms with E-state index in [2.05, 4.69) is 29.2 Å². The monoisotopic (exact) mass is 261 g/mol. The highest BCUT2D eigenvalue weighted by molar-refractivity contribution is 5.72. The molecule has 0 radical (unpaired) electrons. The minimum absolute atomic E-state index is 0.357. The van der Waals surface area contributed by atoms with Crippen LogP contribution in [0.4, 0.5) is 0 Å². The lowest BCUT2D eigenvalue weighted by atomic mass is 9.86. The van der Waals surface area contributed by atoms with Crippen molar-refractivity contribution in [3.8, 4) is 0 Å². The molecule has 2 atom stereocenters. The smallest absolute Gasteiger partial charge is 0.334 e. The number of hydrogen-bond donors (Lipinski definition) is 1. The first-order valence-corrected chi connectivity index (χ1v) is 6.92. The fourth-order valence-corrected chi connectivity index (χ4v) is 3.21. The molecule has 1 aromatic rings. The van der Waals surface area contributed by atoms with E-state index in [0.717, 1.165) is 19.4 Å². The molecule has 102 valence electrons. The Morgan fingerprint density at radius 3 is 3.05 bits per heavy atom. The molecule has 0 amide bonds. The standard InChI is InChI=1S/C15H19NO3/c17-15(18)14-10-16(8-9-19-14)13-7-3-5-11-4-1-2-6-12(11)13/h1-2,4,6,13-14H,3,5,7-10H2,(H,17,18). The number of carbonyl (C=O) groups is 1. The van der Waals surface area contributed by atoms with E-state index in [9.17, 15) is 4.79 Å². The van der Waals surface area contributed by atoms with Gasteiger partial charge < -0.3 is 9.84 Å². The Morgan fingerprint density at radius 2 is 2.21 bits per heavy atom. The topological polar surface area (TPSA) is 49.8 Å². The van der Waals surface area contributed by atoms with Crippen molar-refractivity contribution in [3.05, 3.63) is 35.4 Å². The van der Waals surface area contributed by atoms with Crippen LogP contribution in [0.2, 0.25) is 0 Å². The summed E-state index contributed by atoms with van der Waals surface area (Å²) >= 11 is 0. The number of rotatable bonds is 2. The molecule has 1 aliphatic heterocycles. The van der Waals surface area contributed by atoms with Crippen LogP contribution in [-0.4, -0.2) is 41.8 Å². The number of hydrogen-bond acceptors (Lipinski definition) is 3. The Hall–Kier alpha value is -1.39. The first-order chi connectivity index (χ1) is 9.25. The summed E-state index contributed by atoms with van der Waals surface area (Å²) in [4.78, 5) is 13.4. The number of nitrogens with zero attached hydrogens (tertiary/aromatic N) is 1. The van der Waals surface area contributed by atoms with E-state index < -0.39 is 12.1 Å². The zero-order valence-electron chi connectivity index (χ0n) is 10.9. The van der Waals surface area contributed by atoms with Gasteiger partial charge in [0.2, 0.25) is 0 Å². The second-order valence-corrected chi connectivity index (χ2v) is 5.30. The minimum atomic E-state index is -0.853. The number of ether oxygens (including phenoxy) is 1. The zero-order chi connectivity index (χ0) is 13.2. The number of carboxylic acid groups (broad SMARTS) is 1. The van der Waals surface area contributed by atoms with Gasteiger partial charge in [-0.15, -0.1) is 0 Å². The number of morpholine rings is 1. The van der Waals surface area contributed by atoms with Crippen molar-refractivity contribution >= 4 is 5.97 Å².